The van der Waals surface area contributed by atoms with E-state index in [0.717, 1.165) is 18.7 Å². The van der Waals surface area contributed by atoms with Crippen molar-refractivity contribution in [3.63, 3.8) is 0 Å². The molecular weight excluding hydrogens is 190 g/mol. The molecule has 0 bridgehead atoms. The van der Waals surface area contributed by atoms with Crippen LogP contribution < -0.4 is 16.9 Å². The van der Waals surface area contributed by atoms with E-state index < -0.39 is 5.91 Å². The number of nitrogens with two attached hydrogens (primary N) is 2. The Bertz CT molecular complexity index is 364. The van der Waals surface area contributed by atoms with Gasteiger partial charge in [0.1, 0.15) is 5.84 Å². The maximum Gasteiger partial charge on any atom is 0.237 e. The monoisotopic (exact) mass is 207 g/mol. The fourth-order valence-corrected chi connectivity index (χ4v) is 1.94. The van der Waals surface area contributed by atoms with E-state index >= 15 is 0 Å². The zero-order valence-electron chi connectivity index (χ0n) is 9.12. The maximum atomic E-state index is 5.72. The molecule has 2 heterocycles. The first-order chi connectivity index (χ1) is 7.07. The molecule has 15 heavy (non-hydrogen) atoms. The summed E-state index contributed by atoms with van der Waals surface area (Å²) in [6.45, 7) is 4.24. The maximum absolute atomic E-state index is 5.72. The Kier molecular flexibility index (Phi) is 2.38. The van der Waals surface area contributed by atoms with Crippen LogP contribution in [0, 0.1) is 0 Å². The van der Waals surface area contributed by atoms with Gasteiger partial charge in [-0.05, 0) is 24.5 Å². The minimum absolute atomic E-state index is 0.786. The number of nitrogens with one attached hydrogen (secondary N) is 1. The van der Waals surface area contributed by atoms with Gasteiger partial charge in [-0.25, -0.2) is 4.99 Å². The molecule has 0 radical (unpaired) electrons. The van der Waals surface area contributed by atoms with Gasteiger partial charge in [0, 0.05) is 5.70 Å². The summed E-state index contributed by atoms with van der Waals surface area (Å²) in [6, 6.07) is 0. The Morgan fingerprint density at radius 1 is 1.33 bits per heavy atom. The minimum Gasteiger partial charge on any atom is -0.280 e. The number of allylic oxidation sites excluding steroid dienone is 3. The van der Waals surface area contributed by atoms with E-state index in [1.807, 2.05) is 11.1 Å². The number of nitrogens with zero attached hydrogens (tertiary/aromatic N) is 2. The summed E-state index contributed by atoms with van der Waals surface area (Å²) in [5.41, 5.74) is 16.9. The van der Waals surface area contributed by atoms with E-state index in [2.05, 4.69) is 30.3 Å². The molecule has 0 spiro atoms. The predicted molar refractivity (Wildman–Crippen MR) is 60.3 cm³/mol. The molecule has 0 amide bonds. The summed E-state index contributed by atoms with van der Waals surface area (Å²) >= 11 is 0. The van der Waals surface area contributed by atoms with Crippen LogP contribution in [0.2, 0.25) is 0 Å². The number of amidine groups is 1. The van der Waals surface area contributed by atoms with Crippen LogP contribution in [0.3, 0.4) is 0 Å². The number of hydrazine groups is 1. The zero-order chi connectivity index (χ0) is 11.1. The van der Waals surface area contributed by atoms with Crippen LogP contribution >= 0.6 is 0 Å². The molecule has 0 aromatic rings. The largest absolute Gasteiger partial charge is 0.280 e. The van der Waals surface area contributed by atoms with Gasteiger partial charge in [0.2, 0.25) is 5.91 Å². The Balaban J connectivity index is 2.38. The number of hydrogen-bond donors (Lipinski definition) is 3. The van der Waals surface area contributed by atoms with Crippen molar-refractivity contribution in [3.8, 4) is 0 Å². The Morgan fingerprint density at radius 2 is 2.07 bits per heavy atom. The van der Waals surface area contributed by atoms with Crippen LogP contribution in [0.1, 0.15) is 26.7 Å². The quantitative estimate of drug-likeness (QED) is 0.572. The molecule has 0 aliphatic carbocycles. The fourth-order valence-electron chi connectivity index (χ4n) is 1.94. The summed E-state index contributed by atoms with van der Waals surface area (Å²) in [4.78, 5) is 4.18. The van der Waals surface area contributed by atoms with E-state index in [1.54, 1.807) is 0 Å². The molecule has 0 saturated heterocycles. The highest BCUT2D eigenvalue weighted by atomic mass is 15.7. The number of aliphatic imine (C=N–C) groups is 1. The van der Waals surface area contributed by atoms with Crippen LogP contribution in [0.4, 0.5) is 0 Å². The number of rotatable bonds is 2. The van der Waals surface area contributed by atoms with Gasteiger partial charge < -0.3 is 0 Å². The first-order valence-electron chi connectivity index (χ1n) is 5.23. The van der Waals surface area contributed by atoms with Gasteiger partial charge in [0.15, 0.2) is 0 Å². The first-order valence-corrected chi connectivity index (χ1v) is 5.23. The molecule has 2 aliphatic heterocycles. The molecular formula is C10H17N5. The van der Waals surface area contributed by atoms with Crippen molar-refractivity contribution >= 4 is 5.84 Å². The average Bonchev–Trinajstić information content (AvgIpc) is 2.50. The highest BCUT2D eigenvalue weighted by Gasteiger charge is 2.34. The standard InChI is InChI=1S/C10H17N5/c1-3-7-5-6-9-13-10(11,12)14-15(9)8(7)4-2/h5-6,14H,3-4,11-12H2,1-2H3. The summed E-state index contributed by atoms with van der Waals surface area (Å²) in [7, 11) is 0. The Hall–Kier alpha value is -1.17. The molecule has 2 rings (SSSR count). The zero-order valence-corrected chi connectivity index (χ0v) is 9.12. The Labute approximate surface area is 89.5 Å². The molecule has 0 unspecified atom stereocenters. The third kappa shape index (κ3) is 1.69. The third-order valence-electron chi connectivity index (χ3n) is 2.61. The molecule has 5 N–H and O–H groups in total. The lowest BCUT2D eigenvalue weighted by Crippen LogP contribution is -2.60. The minimum atomic E-state index is -1.18. The van der Waals surface area contributed by atoms with Gasteiger partial charge in [-0.15, -0.1) is 0 Å². The normalized spacial score (nSPS) is 23.2. The smallest absolute Gasteiger partial charge is 0.237 e. The van der Waals surface area contributed by atoms with Gasteiger partial charge in [-0.2, -0.15) is 5.43 Å². The molecule has 0 atom stereocenters. The lowest BCUT2D eigenvalue weighted by molar-refractivity contribution is 0.257. The molecule has 5 heteroatoms. The van der Waals surface area contributed by atoms with Crippen LogP contribution in [0.5, 0.6) is 0 Å². The van der Waals surface area contributed by atoms with Crippen molar-refractivity contribution in [1.82, 2.24) is 10.4 Å². The fraction of sp³-hybridized carbons (Fsp3) is 0.500. The molecule has 82 valence electrons. The van der Waals surface area contributed by atoms with Gasteiger partial charge >= 0.3 is 0 Å². The van der Waals surface area contributed by atoms with Gasteiger partial charge in [-0.3, -0.25) is 16.5 Å². The molecule has 0 aromatic heterocycles. The third-order valence-corrected chi connectivity index (χ3v) is 2.61. The van der Waals surface area contributed by atoms with Crippen LogP contribution in [-0.2, 0) is 0 Å². The highest BCUT2D eigenvalue weighted by Crippen LogP contribution is 2.25. The van der Waals surface area contributed by atoms with Crippen LogP contribution in [-0.4, -0.2) is 16.8 Å². The van der Waals surface area contributed by atoms with E-state index in [0.29, 0.717) is 0 Å². The first kappa shape index (κ1) is 10.4. The van der Waals surface area contributed by atoms with Crippen molar-refractivity contribution in [2.75, 3.05) is 0 Å². The summed E-state index contributed by atoms with van der Waals surface area (Å²) in [5, 5.41) is 1.89. The van der Waals surface area contributed by atoms with Crippen molar-refractivity contribution in [1.29, 1.82) is 0 Å². The predicted octanol–water partition coefficient (Wildman–Crippen LogP) is 0.378. The lowest BCUT2D eigenvalue weighted by Gasteiger charge is -2.28. The van der Waals surface area contributed by atoms with E-state index in [1.165, 1.54) is 11.3 Å². The second-order valence-electron chi connectivity index (χ2n) is 3.75. The van der Waals surface area contributed by atoms with Crippen molar-refractivity contribution < 1.29 is 0 Å². The van der Waals surface area contributed by atoms with Crippen molar-refractivity contribution in [2.45, 2.75) is 32.6 Å². The SMILES string of the molecule is CCC1=C(CC)N2NC(N)(N)N=C2C=C1. The molecule has 0 aromatic carbocycles. The second kappa shape index (κ2) is 3.44. The topological polar surface area (TPSA) is 79.7 Å². The molecule has 0 saturated carbocycles. The van der Waals surface area contributed by atoms with Gasteiger partial charge in [0.25, 0.3) is 0 Å². The second-order valence-corrected chi connectivity index (χ2v) is 3.75. The summed E-state index contributed by atoms with van der Waals surface area (Å²) in [6.07, 6.45) is 5.94. The van der Waals surface area contributed by atoms with Crippen molar-refractivity contribution in [3.05, 3.63) is 23.4 Å². The van der Waals surface area contributed by atoms with Gasteiger partial charge in [0.05, 0.1) is 0 Å². The summed E-state index contributed by atoms with van der Waals surface area (Å²) in [5.74, 6) is -0.391. The van der Waals surface area contributed by atoms with Crippen LogP contribution in [0.15, 0.2) is 28.4 Å². The number of fused-ring (bicyclic) bond motifs is 1. The van der Waals surface area contributed by atoms with E-state index in [-0.39, 0.29) is 0 Å². The van der Waals surface area contributed by atoms with Crippen LogP contribution in [0.25, 0.3) is 0 Å². The van der Waals surface area contributed by atoms with E-state index in [9.17, 15) is 0 Å². The summed E-state index contributed by atoms with van der Waals surface area (Å²) < 4.78 is 0. The average molecular weight is 207 g/mol. The Morgan fingerprint density at radius 3 is 2.67 bits per heavy atom. The number of hydrogen-bond acceptors (Lipinski definition) is 5. The lowest BCUT2D eigenvalue weighted by atomic mass is 10.1. The molecule has 0 fully saturated rings. The molecule has 5 nitrogen and oxygen atoms in total. The van der Waals surface area contributed by atoms with Crippen molar-refractivity contribution in [2.24, 2.45) is 16.5 Å². The highest BCUT2D eigenvalue weighted by molar-refractivity contribution is 5.97. The van der Waals surface area contributed by atoms with E-state index in [4.69, 9.17) is 11.5 Å². The molecule has 2 aliphatic rings. The van der Waals surface area contributed by atoms with Gasteiger partial charge in [-0.1, -0.05) is 19.9 Å².